The Balaban J connectivity index is 2.41. The Hall–Kier alpha value is -0.320. The predicted molar refractivity (Wildman–Crippen MR) is 40.9 cm³/mol. The fraction of sp³-hybridized carbons (Fsp3) is 1.00. The molecule has 0 unspecified atom stereocenters. The van der Waals surface area contributed by atoms with Crippen LogP contribution in [-0.4, -0.2) is 18.4 Å². The molecule has 1 rings (SSSR count). The van der Waals surface area contributed by atoms with E-state index in [-0.39, 0.29) is 25.7 Å². The summed E-state index contributed by atoms with van der Waals surface area (Å²) in [7, 11) is 0. The molecule has 0 aromatic rings. The third kappa shape index (κ3) is 2.83. The topological polar surface area (TPSA) is 26.0 Å². The summed E-state index contributed by atoms with van der Waals surface area (Å²) in [5.74, 6) is -3.11. The van der Waals surface area contributed by atoms with Crippen LogP contribution in [0, 0.1) is 5.92 Å². The first-order valence-electron chi connectivity index (χ1n) is 4.34. The predicted octanol–water partition coefficient (Wildman–Crippen LogP) is 2.40. The van der Waals surface area contributed by atoms with Crippen LogP contribution in [0.25, 0.3) is 0 Å². The minimum Gasteiger partial charge on any atom is -0.323 e. The Kier molecular flexibility index (Phi) is 3.16. The van der Waals surface area contributed by atoms with Gasteiger partial charge in [-0.05, 0) is 18.8 Å². The minimum atomic E-state index is -2.67. The van der Waals surface area contributed by atoms with Gasteiger partial charge in [0.15, 0.2) is 0 Å². The van der Waals surface area contributed by atoms with Crippen LogP contribution >= 0.6 is 0 Å². The highest BCUT2D eigenvalue weighted by molar-refractivity contribution is 4.84. The van der Waals surface area contributed by atoms with Gasteiger partial charge in [-0.2, -0.15) is 0 Å². The van der Waals surface area contributed by atoms with E-state index in [1.54, 1.807) is 0 Å². The van der Waals surface area contributed by atoms with Gasteiger partial charge in [0.25, 0.3) is 6.43 Å². The molecule has 1 saturated carbocycles. The average Bonchev–Trinajstić information content (AvgIpc) is 2.03. The Morgan fingerprint density at radius 2 is 1.62 bits per heavy atom. The lowest BCUT2D eigenvalue weighted by molar-refractivity contribution is -0.0558. The van der Waals surface area contributed by atoms with Crippen LogP contribution in [0.15, 0.2) is 0 Å². The number of rotatable bonds is 2. The molecule has 0 bridgehead atoms. The number of hydrogen-bond donors (Lipinski definition) is 1. The van der Waals surface area contributed by atoms with Gasteiger partial charge in [0.1, 0.15) is 0 Å². The molecule has 0 aliphatic heterocycles. The summed E-state index contributed by atoms with van der Waals surface area (Å²) >= 11 is 0. The fourth-order valence-electron chi connectivity index (χ4n) is 1.65. The van der Waals surface area contributed by atoms with Gasteiger partial charge in [0, 0.05) is 12.8 Å². The lowest BCUT2D eigenvalue weighted by Gasteiger charge is -2.31. The molecule has 5 heteroatoms. The van der Waals surface area contributed by atoms with Crippen molar-refractivity contribution in [3.63, 3.8) is 0 Å². The maximum Gasteiger partial charge on any atom is 0.253 e. The van der Waals surface area contributed by atoms with Gasteiger partial charge in [-0.1, -0.05) is 0 Å². The van der Waals surface area contributed by atoms with Gasteiger partial charge in [0.05, 0.1) is 6.04 Å². The van der Waals surface area contributed by atoms with E-state index >= 15 is 0 Å². The van der Waals surface area contributed by atoms with E-state index in [0.717, 1.165) is 0 Å². The molecule has 0 saturated heterocycles. The molecular weight excluding hydrogens is 186 g/mol. The van der Waals surface area contributed by atoms with Crippen LogP contribution in [0.4, 0.5) is 17.6 Å². The quantitative estimate of drug-likeness (QED) is 0.679. The summed E-state index contributed by atoms with van der Waals surface area (Å²) in [5.41, 5.74) is 5.18. The fourth-order valence-corrected chi connectivity index (χ4v) is 1.65. The molecule has 0 amide bonds. The highest BCUT2D eigenvalue weighted by Gasteiger charge is 2.38. The monoisotopic (exact) mass is 199 g/mol. The molecule has 78 valence electrons. The molecule has 1 aliphatic rings. The molecular formula is C8H13F4N. The lowest BCUT2D eigenvalue weighted by Crippen LogP contribution is -2.40. The van der Waals surface area contributed by atoms with Crippen molar-refractivity contribution < 1.29 is 17.6 Å². The maximum absolute atomic E-state index is 12.6. The molecule has 13 heavy (non-hydrogen) atoms. The van der Waals surface area contributed by atoms with Gasteiger partial charge in [-0.15, -0.1) is 0 Å². The van der Waals surface area contributed by atoms with E-state index in [4.69, 9.17) is 5.73 Å². The van der Waals surface area contributed by atoms with Crippen LogP contribution in [0.1, 0.15) is 25.7 Å². The SMILES string of the molecule is N[C@@H](C(F)F)C1CCC(F)(F)CC1. The second-order valence-electron chi connectivity index (χ2n) is 3.61. The Morgan fingerprint density at radius 1 is 1.15 bits per heavy atom. The molecule has 1 fully saturated rings. The summed E-state index contributed by atoms with van der Waals surface area (Å²) < 4.78 is 49.4. The van der Waals surface area contributed by atoms with Gasteiger partial charge in [-0.3, -0.25) is 0 Å². The summed E-state index contributed by atoms with van der Waals surface area (Å²) in [6.07, 6.45) is -3.00. The van der Waals surface area contributed by atoms with Crippen molar-refractivity contribution in [3.05, 3.63) is 0 Å². The molecule has 1 nitrogen and oxygen atoms in total. The Bertz CT molecular complexity index is 162. The molecule has 1 atom stereocenters. The number of alkyl halides is 4. The summed E-state index contributed by atoms with van der Waals surface area (Å²) in [5, 5.41) is 0. The maximum atomic E-state index is 12.6. The molecule has 0 aromatic heterocycles. The van der Waals surface area contributed by atoms with Gasteiger partial charge in [-0.25, -0.2) is 17.6 Å². The smallest absolute Gasteiger partial charge is 0.253 e. The highest BCUT2D eigenvalue weighted by Crippen LogP contribution is 2.37. The number of hydrogen-bond acceptors (Lipinski definition) is 1. The summed E-state index contributed by atoms with van der Waals surface area (Å²) in [6, 6.07) is -1.24. The lowest BCUT2D eigenvalue weighted by atomic mass is 9.82. The van der Waals surface area contributed by atoms with Crippen molar-refractivity contribution in [2.75, 3.05) is 0 Å². The summed E-state index contributed by atoms with van der Waals surface area (Å²) in [4.78, 5) is 0. The van der Waals surface area contributed by atoms with Crippen molar-refractivity contribution in [1.82, 2.24) is 0 Å². The molecule has 0 radical (unpaired) electrons. The first-order chi connectivity index (χ1) is 5.92. The Labute approximate surface area is 74.3 Å². The molecule has 2 N–H and O–H groups in total. The Morgan fingerprint density at radius 3 is 2.00 bits per heavy atom. The zero-order valence-electron chi connectivity index (χ0n) is 7.15. The summed E-state index contributed by atoms with van der Waals surface area (Å²) in [6.45, 7) is 0. The first kappa shape index (κ1) is 10.8. The molecule has 0 heterocycles. The van der Waals surface area contributed by atoms with E-state index in [2.05, 4.69) is 0 Å². The number of nitrogens with two attached hydrogens (primary N) is 1. The van der Waals surface area contributed by atoms with Crippen LogP contribution < -0.4 is 5.73 Å². The van der Waals surface area contributed by atoms with Gasteiger partial charge >= 0.3 is 0 Å². The highest BCUT2D eigenvalue weighted by atomic mass is 19.3. The van der Waals surface area contributed by atoms with Crippen molar-refractivity contribution in [2.24, 2.45) is 11.7 Å². The second kappa shape index (κ2) is 3.82. The standard InChI is InChI=1S/C8H13F4N/c9-7(10)6(13)5-1-3-8(11,12)4-2-5/h5-7H,1-4,13H2/t6-/m1/s1. The zero-order chi connectivity index (χ0) is 10.1. The average molecular weight is 199 g/mol. The first-order valence-corrected chi connectivity index (χ1v) is 4.34. The van der Waals surface area contributed by atoms with Crippen LogP contribution in [0.3, 0.4) is 0 Å². The molecule has 0 aromatic carbocycles. The normalized spacial score (nSPS) is 26.3. The van der Waals surface area contributed by atoms with E-state index in [9.17, 15) is 17.6 Å². The molecule has 1 aliphatic carbocycles. The van der Waals surface area contributed by atoms with Gasteiger partial charge in [0.2, 0.25) is 5.92 Å². The van der Waals surface area contributed by atoms with E-state index in [0.29, 0.717) is 0 Å². The van der Waals surface area contributed by atoms with E-state index < -0.39 is 24.3 Å². The number of halogens is 4. The van der Waals surface area contributed by atoms with Crippen molar-refractivity contribution in [2.45, 2.75) is 44.1 Å². The molecule has 0 spiro atoms. The van der Waals surface area contributed by atoms with Crippen LogP contribution in [0.5, 0.6) is 0 Å². The third-order valence-electron chi connectivity index (χ3n) is 2.60. The second-order valence-corrected chi connectivity index (χ2v) is 3.61. The van der Waals surface area contributed by atoms with E-state index in [1.165, 1.54) is 0 Å². The minimum absolute atomic E-state index is 0.110. The largest absolute Gasteiger partial charge is 0.323 e. The van der Waals surface area contributed by atoms with Crippen LogP contribution in [-0.2, 0) is 0 Å². The van der Waals surface area contributed by atoms with Crippen LogP contribution in [0.2, 0.25) is 0 Å². The van der Waals surface area contributed by atoms with Crippen molar-refractivity contribution in [1.29, 1.82) is 0 Å². The van der Waals surface area contributed by atoms with Gasteiger partial charge < -0.3 is 5.73 Å². The van der Waals surface area contributed by atoms with E-state index in [1.807, 2.05) is 0 Å². The zero-order valence-corrected chi connectivity index (χ0v) is 7.15. The van der Waals surface area contributed by atoms with Crippen molar-refractivity contribution in [3.8, 4) is 0 Å². The van der Waals surface area contributed by atoms with Crippen molar-refractivity contribution >= 4 is 0 Å². The third-order valence-corrected chi connectivity index (χ3v) is 2.60.